The average molecular weight is 357 g/mol. The molecule has 2 rings (SSSR count). The molecule has 0 atom stereocenters. The SMILES string of the molecule is COc1cc(Br)cc(CCN2CCNCC2)c1OC(C)C. The molecule has 0 unspecified atom stereocenters. The van der Waals surface area contributed by atoms with E-state index in [2.05, 4.69) is 32.2 Å². The lowest BCUT2D eigenvalue weighted by Gasteiger charge is -2.27. The molecule has 118 valence electrons. The van der Waals surface area contributed by atoms with Gasteiger partial charge in [0.05, 0.1) is 13.2 Å². The van der Waals surface area contributed by atoms with Crippen LogP contribution in [0.5, 0.6) is 11.5 Å². The first-order chi connectivity index (χ1) is 10.1. The highest BCUT2D eigenvalue weighted by atomic mass is 79.9. The van der Waals surface area contributed by atoms with Gasteiger partial charge < -0.3 is 19.7 Å². The van der Waals surface area contributed by atoms with Crippen LogP contribution in [0.25, 0.3) is 0 Å². The molecule has 1 fully saturated rings. The predicted octanol–water partition coefficient (Wildman–Crippen LogP) is 2.69. The molecular formula is C16H25BrN2O2. The van der Waals surface area contributed by atoms with Crippen LogP contribution in [-0.2, 0) is 6.42 Å². The minimum absolute atomic E-state index is 0.137. The summed E-state index contributed by atoms with van der Waals surface area (Å²) in [6, 6.07) is 4.11. The molecule has 0 amide bonds. The number of halogens is 1. The fourth-order valence-electron chi connectivity index (χ4n) is 2.54. The van der Waals surface area contributed by atoms with E-state index >= 15 is 0 Å². The molecule has 0 aromatic heterocycles. The van der Waals surface area contributed by atoms with E-state index in [-0.39, 0.29) is 6.10 Å². The van der Waals surface area contributed by atoms with Crippen molar-refractivity contribution in [3.8, 4) is 11.5 Å². The molecule has 1 aromatic rings. The van der Waals surface area contributed by atoms with E-state index in [1.54, 1.807) is 7.11 Å². The van der Waals surface area contributed by atoms with Crippen molar-refractivity contribution in [2.75, 3.05) is 39.8 Å². The predicted molar refractivity (Wildman–Crippen MR) is 89.5 cm³/mol. The standard InChI is InChI=1S/C16H25BrN2O2/c1-12(2)21-16-13(10-14(17)11-15(16)20-3)4-7-19-8-5-18-6-9-19/h10-12,18H,4-9H2,1-3H3. The molecule has 1 aliphatic rings. The van der Waals surface area contributed by atoms with Crippen molar-refractivity contribution in [2.24, 2.45) is 0 Å². The van der Waals surface area contributed by atoms with Gasteiger partial charge in [-0.15, -0.1) is 0 Å². The van der Waals surface area contributed by atoms with Crippen molar-refractivity contribution < 1.29 is 9.47 Å². The highest BCUT2D eigenvalue weighted by molar-refractivity contribution is 9.10. The molecule has 1 N–H and O–H groups in total. The van der Waals surface area contributed by atoms with E-state index in [1.165, 1.54) is 5.56 Å². The third kappa shape index (κ3) is 4.87. The third-order valence-electron chi connectivity index (χ3n) is 3.58. The fourth-order valence-corrected chi connectivity index (χ4v) is 3.03. The number of rotatable bonds is 6. The molecule has 0 saturated carbocycles. The number of nitrogens with zero attached hydrogens (tertiary/aromatic N) is 1. The highest BCUT2D eigenvalue weighted by Gasteiger charge is 2.16. The molecule has 0 bridgehead atoms. The van der Waals surface area contributed by atoms with Crippen LogP contribution in [0.4, 0.5) is 0 Å². The first-order valence-corrected chi connectivity index (χ1v) is 8.35. The van der Waals surface area contributed by atoms with Gasteiger partial charge in [0.15, 0.2) is 11.5 Å². The lowest BCUT2D eigenvalue weighted by atomic mass is 10.1. The Morgan fingerprint density at radius 3 is 2.62 bits per heavy atom. The quantitative estimate of drug-likeness (QED) is 0.849. The Morgan fingerprint density at radius 1 is 1.29 bits per heavy atom. The zero-order valence-corrected chi connectivity index (χ0v) is 14.7. The van der Waals surface area contributed by atoms with Gasteiger partial charge in [0.25, 0.3) is 0 Å². The minimum atomic E-state index is 0.137. The summed E-state index contributed by atoms with van der Waals surface area (Å²) in [5.74, 6) is 1.68. The Bertz CT molecular complexity index is 460. The maximum Gasteiger partial charge on any atom is 0.164 e. The number of hydrogen-bond acceptors (Lipinski definition) is 4. The van der Waals surface area contributed by atoms with Gasteiger partial charge in [-0.1, -0.05) is 15.9 Å². The highest BCUT2D eigenvalue weighted by Crippen LogP contribution is 2.36. The van der Waals surface area contributed by atoms with Gasteiger partial charge in [0.2, 0.25) is 0 Å². The lowest BCUT2D eigenvalue weighted by molar-refractivity contribution is 0.222. The topological polar surface area (TPSA) is 33.7 Å². The largest absolute Gasteiger partial charge is 0.493 e. The molecule has 0 radical (unpaired) electrons. The van der Waals surface area contributed by atoms with Gasteiger partial charge in [0.1, 0.15) is 0 Å². The van der Waals surface area contributed by atoms with Crippen LogP contribution in [0.1, 0.15) is 19.4 Å². The maximum absolute atomic E-state index is 5.99. The Morgan fingerprint density at radius 2 is 2.00 bits per heavy atom. The molecule has 1 aliphatic heterocycles. The maximum atomic E-state index is 5.99. The molecule has 0 aliphatic carbocycles. The number of hydrogen-bond donors (Lipinski definition) is 1. The number of benzene rings is 1. The molecule has 1 saturated heterocycles. The van der Waals surface area contributed by atoms with Crippen molar-refractivity contribution in [3.63, 3.8) is 0 Å². The molecule has 1 aromatic carbocycles. The van der Waals surface area contributed by atoms with Crippen LogP contribution in [0, 0.1) is 0 Å². The van der Waals surface area contributed by atoms with Crippen molar-refractivity contribution in [3.05, 3.63) is 22.2 Å². The number of piperazine rings is 1. The summed E-state index contributed by atoms with van der Waals surface area (Å²) in [6.45, 7) is 9.53. The molecular weight excluding hydrogens is 332 g/mol. The molecule has 5 heteroatoms. The first-order valence-electron chi connectivity index (χ1n) is 7.56. The second-order valence-corrected chi connectivity index (χ2v) is 6.52. The van der Waals surface area contributed by atoms with Crippen LogP contribution in [0.15, 0.2) is 16.6 Å². The second kappa shape index (κ2) is 8.01. The van der Waals surface area contributed by atoms with E-state index in [9.17, 15) is 0 Å². The Hall–Kier alpha value is -0.780. The minimum Gasteiger partial charge on any atom is -0.493 e. The van der Waals surface area contributed by atoms with Crippen molar-refractivity contribution >= 4 is 15.9 Å². The zero-order valence-electron chi connectivity index (χ0n) is 13.1. The van der Waals surface area contributed by atoms with E-state index in [1.807, 2.05) is 19.9 Å². The van der Waals surface area contributed by atoms with Crippen molar-refractivity contribution in [1.29, 1.82) is 0 Å². The van der Waals surface area contributed by atoms with E-state index in [0.717, 1.165) is 55.1 Å². The van der Waals surface area contributed by atoms with Crippen molar-refractivity contribution in [1.82, 2.24) is 10.2 Å². The van der Waals surface area contributed by atoms with Gasteiger partial charge >= 0.3 is 0 Å². The second-order valence-electron chi connectivity index (χ2n) is 5.60. The van der Waals surface area contributed by atoms with Gasteiger partial charge in [0, 0.05) is 42.8 Å². The number of methoxy groups -OCH3 is 1. The molecule has 4 nitrogen and oxygen atoms in total. The summed E-state index contributed by atoms with van der Waals surface area (Å²) in [6.07, 6.45) is 1.11. The first kappa shape index (κ1) is 16.6. The summed E-state index contributed by atoms with van der Waals surface area (Å²) in [5, 5.41) is 3.38. The number of ether oxygens (including phenoxy) is 2. The monoisotopic (exact) mass is 356 g/mol. The Kier molecular flexibility index (Phi) is 6.33. The van der Waals surface area contributed by atoms with Gasteiger partial charge in [-0.2, -0.15) is 0 Å². The lowest BCUT2D eigenvalue weighted by Crippen LogP contribution is -2.44. The van der Waals surface area contributed by atoms with Gasteiger partial charge in [-0.25, -0.2) is 0 Å². The normalized spacial score (nSPS) is 16.2. The summed E-state index contributed by atoms with van der Waals surface area (Å²) < 4.78 is 12.5. The van der Waals surface area contributed by atoms with E-state index in [0.29, 0.717) is 0 Å². The van der Waals surface area contributed by atoms with Crippen molar-refractivity contribution in [2.45, 2.75) is 26.4 Å². The zero-order chi connectivity index (χ0) is 15.2. The molecule has 1 heterocycles. The van der Waals surface area contributed by atoms with E-state index < -0.39 is 0 Å². The van der Waals surface area contributed by atoms with Gasteiger partial charge in [-0.05, 0) is 32.4 Å². The van der Waals surface area contributed by atoms with Crippen LogP contribution >= 0.6 is 15.9 Å². The summed E-state index contributed by atoms with van der Waals surface area (Å²) >= 11 is 3.56. The number of nitrogens with one attached hydrogen (secondary N) is 1. The van der Waals surface area contributed by atoms with Crippen LogP contribution in [0.3, 0.4) is 0 Å². The smallest absolute Gasteiger partial charge is 0.164 e. The Labute approximate surface area is 135 Å². The molecule has 0 spiro atoms. The molecule has 21 heavy (non-hydrogen) atoms. The summed E-state index contributed by atoms with van der Waals surface area (Å²) in [5.41, 5.74) is 1.20. The fraction of sp³-hybridized carbons (Fsp3) is 0.625. The Balaban J connectivity index is 2.13. The third-order valence-corrected chi connectivity index (χ3v) is 4.03. The van der Waals surface area contributed by atoms with E-state index in [4.69, 9.17) is 9.47 Å². The van der Waals surface area contributed by atoms with Gasteiger partial charge in [-0.3, -0.25) is 0 Å². The van der Waals surface area contributed by atoms with Crippen LogP contribution in [-0.4, -0.2) is 50.8 Å². The average Bonchev–Trinajstić information content (AvgIpc) is 2.47. The van der Waals surface area contributed by atoms with Crippen LogP contribution < -0.4 is 14.8 Å². The van der Waals surface area contributed by atoms with Crippen LogP contribution in [0.2, 0.25) is 0 Å². The summed E-state index contributed by atoms with van der Waals surface area (Å²) in [7, 11) is 1.69. The summed E-state index contributed by atoms with van der Waals surface area (Å²) in [4.78, 5) is 2.49.